The lowest BCUT2D eigenvalue weighted by molar-refractivity contribution is 0.813. The van der Waals surface area contributed by atoms with Crippen molar-refractivity contribution >= 4 is 40.4 Å². The highest BCUT2D eigenvalue weighted by Gasteiger charge is 2.23. The average Bonchev–Trinajstić information content (AvgIpc) is 2.48. The van der Waals surface area contributed by atoms with E-state index in [0.717, 1.165) is 30.2 Å². The van der Waals surface area contributed by atoms with E-state index in [0.29, 0.717) is 10.9 Å². The van der Waals surface area contributed by atoms with Crippen molar-refractivity contribution in [3.05, 3.63) is 47.1 Å². The molecule has 2 aromatic rings. The van der Waals surface area contributed by atoms with Crippen LogP contribution in [0, 0.1) is 0 Å². The molecule has 0 unspecified atom stereocenters. The molecule has 0 aliphatic carbocycles. The molecule has 3 nitrogen and oxygen atoms in total. The molecular weight excluding hydrogens is 293 g/mol. The topological polar surface area (TPSA) is 19.4 Å². The summed E-state index contributed by atoms with van der Waals surface area (Å²) >= 11 is 12.2. The first-order valence-electron chi connectivity index (χ1n) is 6.49. The maximum atomic E-state index is 6.37. The van der Waals surface area contributed by atoms with Crippen molar-refractivity contribution in [1.29, 1.82) is 0 Å². The smallest absolute Gasteiger partial charge is 0.151 e. The summed E-state index contributed by atoms with van der Waals surface area (Å²) in [6.45, 7) is 1.80. The largest absolute Gasteiger partial charge is 0.371 e. The second-order valence-corrected chi connectivity index (χ2v) is 5.52. The summed E-state index contributed by atoms with van der Waals surface area (Å²) in [4.78, 5) is 8.89. The summed E-state index contributed by atoms with van der Waals surface area (Å²) in [5.74, 6) is 1.22. The van der Waals surface area contributed by atoms with E-state index in [9.17, 15) is 0 Å². The monoisotopic (exact) mass is 307 g/mol. The van der Waals surface area contributed by atoms with Gasteiger partial charge in [-0.1, -0.05) is 23.7 Å². The van der Waals surface area contributed by atoms with Gasteiger partial charge in [-0.25, -0.2) is 4.98 Å². The number of likely N-dealkylation sites (N-methyl/N-ethyl adjacent to an activating group) is 1. The van der Waals surface area contributed by atoms with Crippen molar-refractivity contribution in [2.75, 3.05) is 29.9 Å². The number of anilines is 3. The molecule has 2 heterocycles. The number of nitrogens with zero attached hydrogens (tertiary/aromatic N) is 3. The number of benzene rings is 1. The maximum absolute atomic E-state index is 6.37. The van der Waals surface area contributed by atoms with Crippen LogP contribution in [-0.4, -0.2) is 25.1 Å². The molecule has 0 saturated carbocycles. The number of fused-ring (bicyclic) bond motifs is 1. The third-order valence-electron chi connectivity index (χ3n) is 3.53. The highest BCUT2D eigenvalue weighted by Crippen LogP contribution is 2.38. The summed E-state index contributed by atoms with van der Waals surface area (Å²) in [6.07, 6.45) is 1.79. The minimum Gasteiger partial charge on any atom is -0.371 e. The van der Waals surface area contributed by atoms with Gasteiger partial charge in [-0.05, 0) is 23.8 Å². The number of rotatable bonds is 2. The second kappa shape index (κ2) is 5.51. The molecule has 0 fully saturated rings. The zero-order valence-corrected chi connectivity index (χ0v) is 12.7. The van der Waals surface area contributed by atoms with Gasteiger partial charge in [-0.3, -0.25) is 0 Å². The van der Waals surface area contributed by atoms with Gasteiger partial charge in [-0.15, -0.1) is 11.6 Å². The molecule has 0 saturated heterocycles. The summed E-state index contributed by atoms with van der Waals surface area (Å²) < 4.78 is 0. The van der Waals surface area contributed by atoms with Crippen molar-refractivity contribution in [3.63, 3.8) is 0 Å². The van der Waals surface area contributed by atoms with Crippen LogP contribution in [0.2, 0.25) is 5.02 Å². The van der Waals surface area contributed by atoms with Crippen molar-refractivity contribution in [1.82, 2.24) is 4.98 Å². The molecule has 3 rings (SSSR count). The van der Waals surface area contributed by atoms with Gasteiger partial charge in [0.2, 0.25) is 0 Å². The SMILES string of the molecule is CN1CCN(c2ncc(CCl)cc2Cl)c2ccccc21. The minimum absolute atomic E-state index is 0.423. The van der Waals surface area contributed by atoms with Gasteiger partial charge in [0.15, 0.2) is 5.82 Å². The Morgan fingerprint density at radius 3 is 2.65 bits per heavy atom. The third-order valence-corrected chi connectivity index (χ3v) is 4.12. The lowest BCUT2D eigenvalue weighted by Crippen LogP contribution is -2.36. The van der Waals surface area contributed by atoms with E-state index in [4.69, 9.17) is 23.2 Å². The first kappa shape index (κ1) is 13.5. The molecule has 0 bridgehead atoms. The van der Waals surface area contributed by atoms with Crippen LogP contribution in [0.1, 0.15) is 5.56 Å². The van der Waals surface area contributed by atoms with E-state index >= 15 is 0 Å². The van der Waals surface area contributed by atoms with E-state index < -0.39 is 0 Å². The quantitative estimate of drug-likeness (QED) is 0.780. The van der Waals surface area contributed by atoms with Crippen LogP contribution in [0.25, 0.3) is 0 Å². The second-order valence-electron chi connectivity index (χ2n) is 4.84. The lowest BCUT2D eigenvalue weighted by Gasteiger charge is -2.36. The van der Waals surface area contributed by atoms with Crippen LogP contribution in [0.3, 0.4) is 0 Å². The number of pyridine rings is 1. The lowest BCUT2D eigenvalue weighted by atomic mass is 10.1. The Hall–Kier alpha value is -1.45. The Labute approximate surface area is 128 Å². The Kier molecular flexibility index (Phi) is 3.72. The molecule has 104 valence electrons. The van der Waals surface area contributed by atoms with Crippen molar-refractivity contribution in [2.45, 2.75) is 5.88 Å². The molecular formula is C15H15Cl2N3. The predicted molar refractivity (Wildman–Crippen MR) is 85.5 cm³/mol. The maximum Gasteiger partial charge on any atom is 0.151 e. The van der Waals surface area contributed by atoms with Crippen molar-refractivity contribution in [3.8, 4) is 0 Å². The highest BCUT2D eigenvalue weighted by molar-refractivity contribution is 6.33. The van der Waals surface area contributed by atoms with E-state index in [2.05, 4.69) is 34.0 Å². The molecule has 0 atom stereocenters. The molecule has 5 heteroatoms. The fraction of sp³-hybridized carbons (Fsp3) is 0.267. The Balaban J connectivity index is 2.05. The first-order valence-corrected chi connectivity index (χ1v) is 7.40. The molecule has 1 aromatic carbocycles. The van der Waals surface area contributed by atoms with Gasteiger partial charge in [-0.2, -0.15) is 0 Å². The van der Waals surface area contributed by atoms with Crippen LogP contribution in [0.5, 0.6) is 0 Å². The minimum atomic E-state index is 0.423. The summed E-state index contributed by atoms with van der Waals surface area (Å²) in [5.41, 5.74) is 3.26. The van der Waals surface area contributed by atoms with Crippen molar-refractivity contribution in [2.24, 2.45) is 0 Å². The van der Waals surface area contributed by atoms with Crippen LogP contribution >= 0.6 is 23.2 Å². The molecule has 1 aliphatic rings. The van der Waals surface area contributed by atoms with Crippen LogP contribution in [-0.2, 0) is 5.88 Å². The zero-order valence-electron chi connectivity index (χ0n) is 11.2. The number of halogens is 2. The molecule has 0 N–H and O–H groups in total. The number of alkyl halides is 1. The fourth-order valence-electron chi connectivity index (χ4n) is 2.47. The van der Waals surface area contributed by atoms with E-state index in [1.807, 2.05) is 18.2 Å². The zero-order chi connectivity index (χ0) is 14.1. The normalized spacial score (nSPS) is 14.3. The van der Waals surface area contributed by atoms with Gasteiger partial charge in [0, 0.05) is 32.2 Å². The number of hydrogen-bond acceptors (Lipinski definition) is 3. The number of aromatic nitrogens is 1. The first-order chi connectivity index (χ1) is 9.70. The van der Waals surface area contributed by atoms with E-state index in [1.165, 1.54) is 5.69 Å². The molecule has 0 radical (unpaired) electrons. The van der Waals surface area contributed by atoms with Crippen LogP contribution in [0.4, 0.5) is 17.2 Å². The van der Waals surface area contributed by atoms with Gasteiger partial charge in [0.1, 0.15) is 0 Å². The van der Waals surface area contributed by atoms with Crippen molar-refractivity contribution < 1.29 is 0 Å². The summed E-state index contributed by atoms with van der Waals surface area (Å²) in [5, 5.41) is 0.641. The predicted octanol–water partition coefficient (Wildman–Crippen LogP) is 4.06. The Morgan fingerprint density at radius 1 is 1.20 bits per heavy atom. The van der Waals surface area contributed by atoms with Gasteiger partial charge in [0.25, 0.3) is 0 Å². The molecule has 1 aliphatic heterocycles. The number of para-hydroxylation sites is 2. The Morgan fingerprint density at radius 2 is 1.95 bits per heavy atom. The third kappa shape index (κ3) is 2.32. The summed E-state index contributed by atoms with van der Waals surface area (Å²) in [7, 11) is 2.10. The average molecular weight is 308 g/mol. The Bertz CT molecular complexity index is 630. The van der Waals surface area contributed by atoms with Gasteiger partial charge < -0.3 is 9.80 Å². The summed E-state index contributed by atoms with van der Waals surface area (Å²) in [6, 6.07) is 10.2. The molecule has 1 aromatic heterocycles. The van der Waals surface area contributed by atoms with Gasteiger partial charge in [0.05, 0.1) is 16.4 Å². The number of hydrogen-bond donors (Lipinski definition) is 0. The highest BCUT2D eigenvalue weighted by atomic mass is 35.5. The van der Waals surface area contributed by atoms with E-state index in [-0.39, 0.29) is 0 Å². The van der Waals surface area contributed by atoms with E-state index in [1.54, 1.807) is 6.20 Å². The molecule has 20 heavy (non-hydrogen) atoms. The fourth-order valence-corrected chi connectivity index (χ4v) is 2.91. The van der Waals surface area contributed by atoms with Crippen LogP contribution < -0.4 is 9.80 Å². The molecule has 0 spiro atoms. The standard InChI is InChI=1S/C15H15Cl2N3/c1-19-6-7-20(14-5-3-2-4-13(14)19)15-12(17)8-11(9-16)10-18-15/h2-5,8,10H,6-7,9H2,1H3. The van der Waals surface area contributed by atoms with Crippen LogP contribution in [0.15, 0.2) is 36.5 Å². The van der Waals surface area contributed by atoms with Gasteiger partial charge >= 0.3 is 0 Å². The molecule has 0 amide bonds.